The van der Waals surface area contributed by atoms with Crippen LogP contribution in [-0.2, 0) is 16.2 Å². The molecule has 0 aliphatic carbocycles. The normalized spacial score (nSPS) is 21.0. The zero-order valence-corrected chi connectivity index (χ0v) is 16.8. The van der Waals surface area contributed by atoms with E-state index < -0.39 is 0 Å². The Kier molecular flexibility index (Phi) is 5.74. The van der Waals surface area contributed by atoms with Gasteiger partial charge in [-0.2, -0.15) is 4.98 Å². The molecule has 2 aliphatic heterocycles. The van der Waals surface area contributed by atoms with Gasteiger partial charge >= 0.3 is 0 Å². The van der Waals surface area contributed by atoms with E-state index in [9.17, 15) is 4.79 Å². The highest BCUT2D eigenvalue weighted by Gasteiger charge is 2.30. The van der Waals surface area contributed by atoms with Crippen molar-refractivity contribution in [3.63, 3.8) is 0 Å². The maximum Gasteiger partial charge on any atom is 0.251 e. The van der Waals surface area contributed by atoms with Crippen molar-refractivity contribution in [3.05, 3.63) is 34.2 Å². The summed E-state index contributed by atoms with van der Waals surface area (Å²) < 4.78 is 13.4. The average molecular weight is 404 g/mol. The van der Waals surface area contributed by atoms with Gasteiger partial charge in [-0.15, -0.1) is 0 Å². The lowest BCUT2D eigenvalue weighted by atomic mass is 10.2. The lowest BCUT2D eigenvalue weighted by molar-refractivity contribution is -0.142. The number of amides is 1. The predicted molar refractivity (Wildman–Crippen MR) is 107 cm³/mol. The third kappa shape index (κ3) is 4.43. The Morgan fingerprint density at radius 1 is 1.32 bits per heavy atom. The summed E-state index contributed by atoms with van der Waals surface area (Å²) in [6.07, 6.45) is 5.30. The van der Waals surface area contributed by atoms with E-state index in [1.165, 1.54) is 0 Å². The van der Waals surface area contributed by atoms with Gasteiger partial charge in [-0.3, -0.25) is 14.8 Å². The molecule has 2 fully saturated rings. The molecule has 4 heterocycles. The number of carbonyl (C=O) groups excluding carboxylic acids is 1. The fourth-order valence-corrected chi connectivity index (χ4v) is 3.74. The number of aromatic nitrogens is 3. The summed E-state index contributed by atoms with van der Waals surface area (Å²) in [6, 6.07) is 3.83. The average Bonchev–Trinajstić information content (AvgIpc) is 3.43. The number of rotatable bonds is 5. The van der Waals surface area contributed by atoms with Gasteiger partial charge < -0.3 is 14.1 Å². The number of aromatic amines is 1. The number of nitrogens with one attached hydrogen (secondary N) is 1. The molecule has 9 heteroatoms. The van der Waals surface area contributed by atoms with Crippen LogP contribution < -0.4 is 0 Å². The smallest absolute Gasteiger partial charge is 0.251 e. The van der Waals surface area contributed by atoms with Crippen LogP contribution >= 0.6 is 12.2 Å². The molecule has 0 bridgehead atoms. The third-order valence-corrected chi connectivity index (χ3v) is 5.41. The van der Waals surface area contributed by atoms with Gasteiger partial charge in [0, 0.05) is 32.8 Å². The molecule has 0 saturated carbocycles. The minimum absolute atomic E-state index is 0.135. The maximum absolute atomic E-state index is 12.4. The molecule has 0 radical (unpaired) electrons. The molecule has 2 saturated heterocycles. The Morgan fingerprint density at radius 3 is 2.82 bits per heavy atom. The van der Waals surface area contributed by atoms with Gasteiger partial charge in [0.05, 0.1) is 6.67 Å². The topological polar surface area (TPSA) is 79.5 Å². The fourth-order valence-electron chi connectivity index (χ4n) is 3.53. The molecule has 2 aliphatic rings. The molecule has 1 unspecified atom stereocenters. The number of hydrogen-bond acceptors (Lipinski definition) is 6. The molecule has 0 aromatic carbocycles. The largest absolute Gasteiger partial charge is 0.462 e. The lowest BCUT2D eigenvalue weighted by Crippen LogP contribution is -2.51. The van der Waals surface area contributed by atoms with Crippen LogP contribution in [-0.4, -0.2) is 69.4 Å². The first kappa shape index (κ1) is 19.1. The van der Waals surface area contributed by atoms with E-state index in [0.29, 0.717) is 37.0 Å². The Balaban J connectivity index is 1.31. The van der Waals surface area contributed by atoms with Crippen molar-refractivity contribution in [3.8, 4) is 0 Å². The van der Waals surface area contributed by atoms with Gasteiger partial charge in [0.1, 0.15) is 23.4 Å². The van der Waals surface area contributed by atoms with Crippen LogP contribution in [0.2, 0.25) is 0 Å². The number of nitrogens with zero attached hydrogens (tertiary/aromatic N) is 4. The molecule has 150 valence electrons. The fraction of sp³-hybridized carbons (Fsp3) is 0.526. The lowest BCUT2D eigenvalue weighted by Gasteiger charge is -2.35. The Bertz CT molecular complexity index is 901. The quantitative estimate of drug-likeness (QED) is 0.772. The van der Waals surface area contributed by atoms with Crippen LogP contribution in [0.15, 0.2) is 16.5 Å². The van der Waals surface area contributed by atoms with Crippen molar-refractivity contribution in [2.45, 2.75) is 32.5 Å². The number of piperazine rings is 1. The molecule has 28 heavy (non-hydrogen) atoms. The van der Waals surface area contributed by atoms with Crippen molar-refractivity contribution < 1.29 is 13.9 Å². The molecule has 4 rings (SSSR count). The van der Waals surface area contributed by atoms with Crippen molar-refractivity contribution in [1.29, 1.82) is 0 Å². The SMILES string of the molecule is Cc1ccc(/C=C/c2nc(=S)n(CN3CCN(C(=O)C4CCCO4)CC3)[nH]2)o1. The summed E-state index contributed by atoms with van der Waals surface area (Å²) in [4.78, 5) is 21.0. The van der Waals surface area contributed by atoms with Crippen LogP contribution in [0.3, 0.4) is 0 Å². The summed E-state index contributed by atoms with van der Waals surface area (Å²) in [5.74, 6) is 2.47. The second-order valence-corrected chi connectivity index (χ2v) is 7.55. The summed E-state index contributed by atoms with van der Waals surface area (Å²) >= 11 is 5.37. The van der Waals surface area contributed by atoms with E-state index in [2.05, 4.69) is 15.0 Å². The molecule has 1 amide bonds. The van der Waals surface area contributed by atoms with E-state index in [1.807, 2.05) is 40.8 Å². The minimum atomic E-state index is -0.236. The zero-order valence-electron chi connectivity index (χ0n) is 16.0. The Morgan fingerprint density at radius 2 is 2.14 bits per heavy atom. The standard InChI is InChI=1S/C19H25N5O3S/c1-14-4-5-15(27-14)6-7-17-20-19(28)24(21-17)13-22-8-10-23(11-9-22)18(25)16-3-2-12-26-16/h4-7,16H,2-3,8-13H2,1H3,(H,20,21,28)/b7-6+. The molecular formula is C19H25N5O3S. The van der Waals surface area contributed by atoms with Gasteiger partial charge in [-0.1, -0.05) is 0 Å². The van der Waals surface area contributed by atoms with Crippen LogP contribution in [0.1, 0.15) is 30.2 Å². The van der Waals surface area contributed by atoms with Crippen LogP contribution in [0, 0.1) is 11.7 Å². The van der Waals surface area contributed by atoms with Crippen LogP contribution in [0.5, 0.6) is 0 Å². The number of hydrogen-bond donors (Lipinski definition) is 1. The number of ether oxygens (including phenoxy) is 1. The molecule has 8 nitrogen and oxygen atoms in total. The zero-order chi connectivity index (χ0) is 19.5. The maximum atomic E-state index is 12.4. The van der Waals surface area contributed by atoms with E-state index in [-0.39, 0.29) is 12.0 Å². The third-order valence-electron chi connectivity index (χ3n) is 5.09. The first-order valence-corrected chi connectivity index (χ1v) is 10.0. The first-order chi connectivity index (χ1) is 13.6. The summed E-state index contributed by atoms with van der Waals surface area (Å²) in [5.41, 5.74) is 0. The Labute approximate surface area is 168 Å². The number of aryl methyl sites for hydroxylation is 1. The monoisotopic (exact) mass is 403 g/mol. The molecule has 2 aromatic heterocycles. The van der Waals surface area contributed by atoms with E-state index >= 15 is 0 Å². The number of furan rings is 1. The highest BCUT2D eigenvalue weighted by atomic mass is 32.1. The molecule has 2 aromatic rings. The molecular weight excluding hydrogens is 378 g/mol. The van der Waals surface area contributed by atoms with Gasteiger partial charge in [0.25, 0.3) is 5.91 Å². The highest BCUT2D eigenvalue weighted by Crippen LogP contribution is 2.16. The molecule has 1 atom stereocenters. The van der Waals surface area contributed by atoms with Crippen LogP contribution in [0.25, 0.3) is 12.2 Å². The van der Waals surface area contributed by atoms with E-state index in [1.54, 1.807) is 0 Å². The van der Waals surface area contributed by atoms with E-state index in [0.717, 1.165) is 37.5 Å². The van der Waals surface area contributed by atoms with Crippen LogP contribution in [0.4, 0.5) is 0 Å². The van der Waals surface area contributed by atoms with Crippen molar-refractivity contribution in [2.24, 2.45) is 0 Å². The summed E-state index contributed by atoms with van der Waals surface area (Å²) in [5, 5.41) is 3.22. The van der Waals surface area contributed by atoms with Gasteiger partial charge in [-0.25, -0.2) is 4.68 Å². The predicted octanol–water partition coefficient (Wildman–Crippen LogP) is 2.29. The van der Waals surface area contributed by atoms with Crippen molar-refractivity contribution in [1.82, 2.24) is 24.6 Å². The molecule has 0 spiro atoms. The van der Waals surface area contributed by atoms with Gasteiger partial charge in [-0.05, 0) is 56.3 Å². The highest BCUT2D eigenvalue weighted by molar-refractivity contribution is 7.71. The number of H-pyrrole nitrogens is 1. The van der Waals surface area contributed by atoms with Gasteiger partial charge in [0.2, 0.25) is 4.77 Å². The van der Waals surface area contributed by atoms with Gasteiger partial charge in [0.15, 0.2) is 0 Å². The van der Waals surface area contributed by atoms with Crippen molar-refractivity contribution in [2.75, 3.05) is 32.8 Å². The Hall–Kier alpha value is -2.23. The molecule has 1 N–H and O–H groups in total. The van der Waals surface area contributed by atoms with E-state index in [4.69, 9.17) is 21.4 Å². The second-order valence-electron chi connectivity index (χ2n) is 7.19. The minimum Gasteiger partial charge on any atom is -0.462 e. The second kappa shape index (κ2) is 8.42. The summed E-state index contributed by atoms with van der Waals surface area (Å²) in [7, 11) is 0. The van der Waals surface area contributed by atoms with Crippen molar-refractivity contribution >= 4 is 30.3 Å². The summed E-state index contributed by atoms with van der Waals surface area (Å²) in [6.45, 7) is 6.27. The number of carbonyl (C=O) groups is 1. The first-order valence-electron chi connectivity index (χ1n) is 9.62.